The third-order valence-electron chi connectivity index (χ3n) is 2.19. The number of aryl methyl sites for hydroxylation is 1. The highest BCUT2D eigenvalue weighted by Gasteiger charge is 2.11. The first-order valence-corrected chi connectivity index (χ1v) is 5.57. The summed E-state index contributed by atoms with van der Waals surface area (Å²) in [6.45, 7) is 1.82. The van der Waals surface area contributed by atoms with Gasteiger partial charge >= 0.3 is 0 Å². The van der Waals surface area contributed by atoms with Crippen LogP contribution in [0.3, 0.4) is 0 Å². The van der Waals surface area contributed by atoms with Crippen LogP contribution in [0.25, 0.3) is 0 Å². The molecule has 0 spiro atoms. The molecule has 0 aliphatic heterocycles. The average molecular weight is 244 g/mol. The minimum absolute atomic E-state index is 0.281. The number of nitriles is 1. The van der Waals surface area contributed by atoms with Gasteiger partial charge in [0.05, 0.1) is 11.6 Å². The van der Waals surface area contributed by atoms with E-state index in [1.54, 1.807) is 18.2 Å². The van der Waals surface area contributed by atoms with Crippen LogP contribution >= 0.6 is 11.5 Å². The number of anilines is 1. The molecule has 84 valence electrons. The van der Waals surface area contributed by atoms with Crippen molar-refractivity contribution in [1.82, 2.24) is 9.36 Å². The van der Waals surface area contributed by atoms with Gasteiger partial charge in [0.25, 0.3) is 5.91 Å². The monoisotopic (exact) mass is 244 g/mol. The van der Waals surface area contributed by atoms with Gasteiger partial charge in [0.1, 0.15) is 6.33 Å². The lowest BCUT2D eigenvalue weighted by Crippen LogP contribution is -2.13. The van der Waals surface area contributed by atoms with E-state index in [4.69, 9.17) is 5.26 Å². The van der Waals surface area contributed by atoms with Gasteiger partial charge in [-0.25, -0.2) is 4.98 Å². The Bertz CT molecular complexity index is 586. The summed E-state index contributed by atoms with van der Waals surface area (Å²) in [6.07, 6.45) is 1.37. The second kappa shape index (κ2) is 4.72. The normalized spacial score (nSPS) is 9.65. The van der Waals surface area contributed by atoms with Gasteiger partial charge in [-0.3, -0.25) is 10.1 Å². The van der Waals surface area contributed by atoms with Crippen LogP contribution < -0.4 is 5.32 Å². The maximum atomic E-state index is 11.9. The molecule has 6 heteroatoms. The molecule has 0 radical (unpaired) electrons. The second-order valence-electron chi connectivity index (χ2n) is 3.34. The Labute approximate surface area is 102 Å². The molecule has 0 unspecified atom stereocenters. The fourth-order valence-corrected chi connectivity index (χ4v) is 1.76. The maximum absolute atomic E-state index is 11.9. The summed E-state index contributed by atoms with van der Waals surface area (Å²) >= 11 is 1.10. The lowest BCUT2D eigenvalue weighted by molar-refractivity contribution is 0.102. The Balaban J connectivity index is 2.28. The minimum Gasteiger partial charge on any atom is -0.297 e. The number of rotatable bonds is 2. The predicted molar refractivity (Wildman–Crippen MR) is 63.8 cm³/mol. The number of hydrogen-bond donors (Lipinski definition) is 1. The van der Waals surface area contributed by atoms with Gasteiger partial charge in [0.2, 0.25) is 5.13 Å². The van der Waals surface area contributed by atoms with Gasteiger partial charge in [-0.1, -0.05) is 6.07 Å². The number of benzene rings is 1. The fourth-order valence-electron chi connectivity index (χ4n) is 1.33. The van der Waals surface area contributed by atoms with Crippen LogP contribution in [-0.4, -0.2) is 15.3 Å². The quantitative estimate of drug-likeness (QED) is 0.875. The van der Waals surface area contributed by atoms with E-state index in [0.29, 0.717) is 16.3 Å². The summed E-state index contributed by atoms with van der Waals surface area (Å²) in [6, 6.07) is 6.99. The van der Waals surface area contributed by atoms with Crippen molar-refractivity contribution in [3.8, 4) is 6.07 Å². The van der Waals surface area contributed by atoms with E-state index in [9.17, 15) is 4.79 Å². The van der Waals surface area contributed by atoms with Crippen molar-refractivity contribution in [3.63, 3.8) is 0 Å². The number of nitrogens with zero attached hydrogens (tertiary/aromatic N) is 3. The largest absolute Gasteiger partial charge is 0.297 e. The van der Waals surface area contributed by atoms with Crippen LogP contribution in [0.2, 0.25) is 0 Å². The summed E-state index contributed by atoms with van der Waals surface area (Å²) in [7, 11) is 0. The zero-order valence-electron chi connectivity index (χ0n) is 8.97. The molecule has 0 aliphatic rings. The van der Waals surface area contributed by atoms with E-state index >= 15 is 0 Å². The highest BCUT2D eigenvalue weighted by atomic mass is 32.1. The zero-order valence-corrected chi connectivity index (χ0v) is 9.78. The van der Waals surface area contributed by atoms with Crippen molar-refractivity contribution in [3.05, 3.63) is 41.2 Å². The molecule has 0 atom stereocenters. The summed E-state index contributed by atoms with van der Waals surface area (Å²) < 4.78 is 3.79. The first-order chi connectivity index (χ1) is 8.20. The molecular weight excluding hydrogens is 236 g/mol. The fraction of sp³-hybridized carbons (Fsp3) is 0.0909. The molecule has 0 fully saturated rings. The standard InChI is InChI=1S/C11H8N4OS/c1-7-2-3-8(5-12)4-9(7)10(16)15-11-13-6-14-17-11/h2-4,6H,1H3,(H,13,14,15,16). The SMILES string of the molecule is Cc1ccc(C#N)cc1C(=O)Nc1ncns1. The smallest absolute Gasteiger partial charge is 0.257 e. The Morgan fingerprint density at radius 3 is 3.00 bits per heavy atom. The number of aromatic nitrogens is 2. The van der Waals surface area contributed by atoms with E-state index in [2.05, 4.69) is 14.7 Å². The van der Waals surface area contributed by atoms with Crippen molar-refractivity contribution in [1.29, 1.82) is 5.26 Å². The van der Waals surface area contributed by atoms with Crippen LogP contribution in [-0.2, 0) is 0 Å². The highest BCUT2D eigenvalue weighted by molar-refractivity contribution is 7.09. The number of carbonyl (C=O) groups excluding carboxylic acids is 1. The molecule has 0 aliphatic carbocycles. The van der Waals surface area contributed by atoms with E-state index in [1.165, 1.54) is 6.33 Å². The Morgan fingerprint density at radius 1 is 1.53 bits per heavy atom. The summed E-state index contributed by atoms with van der Waals surface area (Å²) in [5.74, 6) is -0.281. The van der Waals surface area contributed by atoms with Crippen LogP contribution in [0.15, 0.2) is 24.5 Å². The van der Waals surface area contributed by atoms with E-state index in [-0.39, 0.29) is 5.91 Å². The van der Waals surface area contributed by atoms with Crippen LogP contribution in [0, 0.1) is 18.3 Å². The molecule has 1 aromatic carbocycles. The topological polar surface area (TPSA) is 78.7 Å². The maximum Gasteiger partial charge on any atom is 0.257 e. The van der Waals surface area contributed by atoms with Crippen LogP contribution in [0.5, 0.6) is 0 Å². The van der Waals surface area contributed by atoms with Gasteiger partial charge in [0, 0.05) is 17.1 Å². The Hall–Kier alpha value is -2.26. The zero-order chi connectivity index (χ0) is 12.3. The van der Waals surface area contributed by atoms with Gasteiger partial charge < -0.3 is 0 Å². The Kier molecular flexibility index (Phi) is 3.12. The molecule has 17 heavy (non-hydrogen) atoms. The van der Waals surface area contributed by atoms with Gasteiger partial charge in [-0.15, -0.1) is 0 Å². The first kappa shape index (κ1) is 11.2. The number of carbonyl (C=O) groups is 1. The van der Waals surface area contributed by atoms with E-state index < -0.39 is 0 Å². The average Bonchev–Trinajstić information content (AvgIpc) is 2.82. The van der Waals surface area contributed by atoms with Crippen molar-refractivity contribution in [2.24, 2.45) is 0 Å². The van der Waals surface area contributed by atoms with Gasteiger partial charge in [0.15, 0.2) is 0 Å². The van der Waals surface area contributed by atoms with Gasteiger partial charge in [-0.05, 0) is 24.6 Å². The highest BCUT2D eigenvalue weighted by Crippen LogP contribution is 2.14. The van der Waals surface area contributed by atoms with Crippen molar-refractivity contribution in [2.75, 3.05) is 5.32 Å². The van der Waals surface area contributed by atoms with Crippen molar-refractivity contribution >= 4 is 22.6 Å². The molecular formula is C11H8N4OS. The minimum atomic E-state index is -0.281. The van der Waals surface area contributed by atoms with Crippen LogP contribution in [0.4, 0.5) is 5.13 Å². The molecule has 2 rings (SSSR count). The summed E-state index contributed by atoms with van der Waals surface area (Å²) in [4.78, 5) is 15.8. The summed E-state index contributed by atoms with van der Waals surface area (Å²) in [5, 5.41) is 11.9. The Morgan fingerprint density at radius 2 is 2.35 bits per heavy atom. The van der Waals surface area contributed by atoms with Crippen molar-refractivity contribution in [2.45, 2.75) is 6.92 Å². The number of hydrogen-bond acceptors (Lipinski definition) is 5. The van der Waals surface area contributed by atoms with Crippen LogP contribution in [0.1, 0.15) is 21.5 Å². The molecule has 0 saturated carbocycles. The molecule has 1 N–H and O–H groups in total. The third kappa shape index (κ3) is 2.46. The first-order valence-electron chi connectivity index (χ1n) is 4.79. The second-order valence-corrected chi connectivity index (χ2v) is 4.12. The lowest BCUT2D eigenvalue weighted by atomic mass is 10.1. The molecule has 0 bridgehead atoms. The molecule has 1 aromatic heterocycles. The lowest BCUT2D eigenvalue weighted by Gasteiger charge is -2.05. The number of nitrogens with one attached hydrogen (secondary N) is 1. The molecule has 5 nitrogen and oxygen atoms in total. The van der Waals surface area contributed by atoms with Gasteiger partial charge in [-0.2, -0.15) is 9.64 Å². The molecule has 0 saturated heterocycles. The van der Waals surface area contributed by atoms with E-state index in [1.807, 2.05) is 13.0 Å². The molecule has 2 aromatic rings. The van der Waals surface area contributed by atoms with E-state index in [0.717, 1.165) is 17.1 Å². The molecule has 1 amide bonds. The predicted octanol–water partition coefficient (Wildman–Crippen LogP) is 1.97. The third-order valence-corrected chi connectivity index (χ3v) is 2.77. The summed E-state index contributed by atoms with van der Waals surface area (Å²) in [5.41, 5.74) is 1.74. The number of amides is 1. The molecule has 1 heterocycles. The van der Waals surface area contributed by atoms with Crippen molar-refractivity contribution < 1.29 is 4.79 Å².